The van der Waals surface area contributed by atoms with Crippen molar-refractivity contribution in [2.45, 2.75) is 19.3 Å². The maximum absolute atomic E-state index is 2.46. The van der Waals surface area contributed by atoms with Gasteiger partial charge in [-0.05, 0) is 122 Å². The van der Waals surface area contributed by atoms with Crippen molar-refractivity contribution < 1.29 is 0 Å². The Morgan fingerprint density at radius 3 is 1.65 bits per heavy atom. The van der Waals surface area contributed by atoms with Gasteiger partial charge in [0.1, 0.15) is 0 Å². The van der Waals surface area contributed by atoms with E-state index in [2.05, 4.69) is 254 Å². The molecular formula is C61H44N2. The highest BCUT2D eigenvalue weighted by atomic mass is 15.1. The van der Waals surface area contributed by atoms with E-state index in [-0.39, 0.29) is 5.41 Å². The Balaban J connectivity index is 1.01. The molecular weight excluding hydrogens is 761 g/mol. The smallest absolute Gasteiger partial charge is 0.0541 e. The summed E-state index contributed by atoms with van der Waals surface area (Å²) < 4.78 is 2.43. The van der Waals surface area contributed by atoms with E-state index in [9.17, 15) is 0 Å². The van der Waals surface area contributed by atoms with Gasteiger partial charge >= 0.3 is 0 Å². The summed E-state index contributed by atoms with van der Waals surface area (Å²) in [5.74, 6) is 0. The highest BCUT2D eigenvalue weighted by Gasteiger charge is 2.37. The third-order valence-corrected chi connectivity index (χ3v) is 13.4. The van der Waals surface area contributed by atoms with Gasteiger partial charge in [-0.2, -0.15) is 0 Å². The molecule has 0 fully saturated rings. The number of para-hydroxylation sites is 3. The number of rotatable bonds is 7. The molecule has 1 aromatic heterocycles. The van der Waals surface area contributed by atoms with E-state index < -0.39 is 0 Å². The number of hydrogen-bond acceptors (Lipinski definition) is 1. The Hall–Kier alpha value is -7.94. The molecule has 298 valence electrons. The topological polar surface area (TPSA) is 8.17 Å². The van der Waals surface area contributed by atoms with Crippen molar-refractivity contribution in [1.29, 1.82) is 0 Å². The van der Waals surface area contributed by atoms with Crippen molar-refractivity contribution in [2.24, 2.45) is 0 Å². The second kappa shape index (κ2) is 14.6. The van der Waals surface area contributed by atoms with Gasteiger partial charge in [0.15, 0.2) is 0 Å². The molecule has 2 heteroatoms. The maximum Gasteiger partial charge on any atom is 0.0541 e. The molecule has 0 saturated carbocycles. The second-order valence-corrected chi connectivity index (χ2v) is 17.3. The molecule has 12 rings (SSSR count). The van der Waals surface area contributed by atoms with E-state index in [4.69, 9.17) is 0 Å². The molecule has 0 unspecified atom stereocenters. The standard InChI is InChI=1S/C61H44N2/c1-61(2)56-39-47(34-36-51(56)52-37-35-48(40-57(52)61)63-59-26-14-11-23-54(59)55-24-12-15-27-60(55)63)62(46-32-30-42(31-33-46)45-29-28-41-16-6-7-19-44(41)38-45)58-25-13-10-22-53(58)50-21-9-8-20-49(50)43-17-4-3-5-18-43/h3-40H,1-2H3. The predicted octanol–water partition coefficient (Wildman–Crippen LogP) is 16.7. The van der Waals surface area contributed by atoms with E-state index in [1.165, 1.54) is 93.9 Å². The highest BCUT2D eigenvalue weighted by Crippen LogP contribution is 2.52. The molecule has 0 radical (unpaired) electrons. The maximum atomic E-state index is 2.46. The largest absolute Gasteiger partial charge is 0.310 e. The molecule has 0 bridgehead atoms. The molecule has 1 aliphatic rings. The van der Waals surface area contributed by atoms with E-state index in [1.807, 2.05) is 0 Å². The lowest BCUT2D eigenvalue weighted by atomic mass is 9.82. The van der Waals surface area contributed by atoms with Crippen molar-refractivity contribution in [2.75, 3.05) is 4.90 Å². The van der Waals surface area contributed by atoms with Crippen LogP contribution in [-0.2, 0) is 5.41 Å². The monoisotopic (exact) mass is 804 g/mol. The van der Waals surface area contributed by atoms with E-state index >= 15 is 0 Å². The quantitative estimate of drug-likeness (QED) is 0.156. The van der Waals surface area contributed by atoms with Crippen LogP contribution >= 0.6 is 0 Å². The first-order valence-electron chi connectivity index (χ1n) is 21.9. The summed E-state index contributed by atoms with van der Waals surface area (Å²) in [4.78, 5) is 2.46. The van der Waals surface area contributed by atoms with Crippen molar-refractivity contribution in [3.8, 4) is 50.2 Å². The van der Waals surface area contributed by atoms with Crippen LogP contribution in [0, 0.1) is 0 Å². The van der Waals surface area contributed by atoms with Crippen LogP contribution in [0.2, 0.25) is 0 Å². The average molecular weight is 805 g/mol. The molecule has 2 nitrogen and oxygen atoms in total. The van der Waals surface area contributed by atoms with Crippen molar-refractivity contribution in [3.05, 3.63) is 242 Å². The van der Waals surface area contributed by atoms with Crippen LogP contribution in [0.3, 0.4) is 0 Å². The molecule has 10 aromatic carbocycles. The van der Waals surface area contributed by atoms with E-state index in [0.717, 1.165) is 17.1 Å². The summed E-state index contributed by atoms with van der Waals surface area (Å²) in [7, 11) is 0. The zero-order valence-electron chi connectivity index (χ0n) is 35.3. The van der Waals surface area contributed by atoms with E-state index in [0.29, 0.717) is 0 Å². The molecule has 0 aliphatic heterocycles. The van der Waals surface area contributed by atoms with Crippen LogP contribution in [0.1, 0.15) is 25.0 Å². The fourth-order valence-electron chi connectivity index (χ4n) is 10.3. The van der Waals surface area contributed by atoms with Crippen LogP contribution < -0.4 is 4.90 Å². The Labute approximate surface area is 368 Å². The minimum atomic E-state index is -0.250. The molecule has 0 atom stereocenters. The summed E-state index contributed by atoms with van der Waals surface area (Å²) in [6.45, 7) is 4.79. The number of anilines is 3. The third-order valence-electron chi connectivity index (χ3n) is 13.4. The first kappa shape index (κ1) is 36.9. The normalized spacial score (nSPS) is 12.7. The van der Waals surface area contributed by atoms with Gasteiger partial charge in [0, 0.05) is 38.8 Å². The Morgan fingerprint density at radius 1 is 0.349 bits per heavy atom. The summed E-state index contributed by atoms with van der Waals surface area (Å²) in [6.07, 6.45) is 0. The molecule has 63 heavy (non-hydrogen) atoms. The van der Waals surface area contributed by atoms with E-state index in [1.54, 1.807) is 0 Å². The first-order chi connectivity index (χ1) is 31.0. The van der Waals surface area contributed by atoms with Gasteiger partial charge in [0.05, 0.1) is 16.7 Å². The van der Waals surface area contributed by atoms with Crippen LogP contribution in [-0.4, -0.2) is 4.57 Å². The van der Waals surface area contributed by atoms with Crippen LogP contribution in [0.25, 0.3) is 82.8 Å². The summed E-state index contributed by atoms with van der Waals surface area (Å²) in [5, 5.41) is 5.05. The predicted molar refractivity (Wildman–Crippen MR) is 267 cm³/mol. The van der Waals surface area contributed by atoms with Crippen molar-refractivity contribution >= 4 is 49.6 Å². The number of aromatic nitrogens is 1. The number of hydrogen-bond donors (Lipinski definition) is 0. The minimum Gasteiger partial charge on any atom is -0.310 e. The Morgan fingerprint density at radius 2 is 0.905 bits per heavy atom. The van der Waals surface area contributed by atoms with Crippen LogP contribution in [0.4, 0.5) is 17.1 Å². The van der Waals surface area contributed by atoms with Gasteiger partial charge in [0.2, 0.25) is 0 Å². The Bertz CT molecular complexity index is 3480. The van der Waals surface area contributed by atoms with Gasteiger partial charge in [0.25, 0.3) is 0 Å². The van der Waals surface area contributed by atoms with Crippen molar-refractivity contribution in [1.82, 2.24) is 4.57 Å². The second-order valence-electron chi connectivity index (χ2n) is 17.3. The average Bonchev–Trinajstić information content (AvgIpc) is 3.80. The fraction of sp³-hybridized carbons (Fsp3) is 0.0492. The Kier molecular flexibility index (Phi) is 8.55. The van der Waals surface area contributed by atoms with Crippen LogP contribution in [0.15, 0.2) is 231 Å². The van der Waals surface area contributed by atoms with Gasteiger partial charge in [-0.1, -0.05) is 184 Å². The van der Waals surface area contributed by atoms with Gasteiger partial charge < -0.3 is 9.47 Å². The number of fused-ring (bicyclic) bond motifs is 7. The van der Waals surface area contributed by atoms with Gasteiger partial charge in [-0.3, -0.25) is 0 Å². The fourth-order valence-corrected chi connectivity index (χ4v) is 10.3. The summed E-state index contributed by atoms with van der Waals surface area (Å²) >= 11 is 0. The number of benzene rings is 10. The lowest BCUT2D eigenvalue weighted by Crippen LogP contribution is -2.17. The SMILES string of the molecule is CC1(C)c2cc(N(c3ccc(-c4ccc5ccccc5c4)cc3)c3ccccc3-c3ccccc3-c3ccccc3)ccc2-c2ccc(-n3c4ccccc4c4ccccc43)cc21. The number of nitrogens with zero attached hydrogens (tertiary/aromatic N) is 2. The van der Waals surface area contributed by atoms with Gasteiger partial charge in [-0.25, -0.2) is 0 Å². The first-order valence-corrected chi connectivity index (χ1v) is 21.9. The lowest BCUT2D eigenvalue weighted by molar-refractivity contribution is 0.660. The molecule has 0 N–H and O–H groups in total. The molecule has 0 saturated heterocycles. The minimum absolute atomic E-state index is 0.250. The zero-order chi connectivity index (χ0) is 42.1. The third kappa shape index (κ3) is 6.02. The molecule has 1 aliphatic carbocycles. The highest BCUT2D eigenvalue weighted by molar-refractivity contribution is 6.09. The molecule has 0 amide bonds. The van der Waals surface area contributed by atoms with Gasteiger partial charge in [-0.15, -0.1) is 0 Å². The summed E-state index contributed by atoms with van der Waals surface area (Å²) in [5.41, 5.74) is 19.2. The zero-order valence-corrected chi connectivity index (χ0v) is 35.3. The van der Waals surface area contributed by atoms with Crippen molar-refractivity contribution in [3.63, 3.8) is 0 Å². The summed E-state index contributed by atoms with van der Waals surface area (Å²) in [6, 6.07) is 84.7. The molecule has 1 heterocycles. The lowest BCUT2D eigenvalue weighted by Gasteiger charge is -2.30. The van der Waals surface area contributed by atoms with Crippen LogP contribution in [0.5, 0.6) is 0 Å². The molecule has 0 spiro atoms. The molecule has 11 aromatic rings.